The van der Waals surface area contributed by atoms with Crippen LogP contribution in [0.5, 0.6) is 5.75 Å². The number of aryl methyl sites for hydroxylation is 1. The largest absolute Gasteiger partial charge is 0.493 e. The first-order valence-electron chi connectivity index (χ1n) is 4.77. The lowest BCUT2D eigenvalue weighted by Gasteiger charge is -2.13. The van der Waals surface area contributed by atoms with Crippen LogP contribution >= 0.6 is 15.9 Å². The minimum atomic E-state index is -0.385. The summed E-state index contributed by atoms with van der Waals surface area (Å²) in [6, 6.07) is 3.71. The molecule has 1 N–H and O–H groups in total. The zero-order valence-electron chi connectivity index (χ0n) is 8.59. The Morgan fingerprint density at radius 2 is 2.20 bits per heavy atom. The molecule has 0 bridgehead atoms. The number of halogens is 2. The fourth-order valence-corrected chi connectivity index (χ4v) is 1.97. The molecule has 1 aromatic carbocycles. The third kappa shape index (κ3) is 3.47. The van der Waals surface area contributed by atoms with Crippen molar-refractivity contribution >= 4 is 15.9 Å². The van der Waals surface area contributed by atoms with Gasteiger partial charge in [0.05, 0.1) is 19.9 Å². The van der Waals surface area contributed by atoms with Crippen LogP contribution in [0, 0.1) is 6.92 Å². The summed E-state index contributed by atoms with van der Waals surface area (Å²) in [6.07, 6.45) is 0.375. The van der Waals surface area contributed by atoms with Gasteiger partial charge in [0.15, 0.2) is 0 Å². The molecule has 0 amide bonds. The molecule has 0 aliphatic rings. The Kier molecular flexibility index (Phi) is 5.05. The second kappa shape index (κ2) is 6.08. The molecule has 0 radical (unpaired) electrons. The molecule has 1 aromatic rings. The molecule has 15 heavy (non-hydrogen) atoms. The predicted molar refractivity (Wildman–Crippen MR) is 60.9 cm³/mol. The van der Waals surface area contributed by atoms with E-state index in [4.69, 9.17) is 9.84 Å². The van der Waals surface area contributed by atoms with Crippen LogP contribution in [0.4, 0.5) is 4.39 Å². The summed E-state index contributed by atoms with van der Waals surface area (Å²) in [5.41, 5.74) is 1.66. The average Bonchev–Trinajstić information content (AvgIpc) is 2.20. The highest BCUT2D eigenvalue weighted by Gasteiger charge is 2.07. The summed E-state index contributed by atoms with van der Waals surface area (Å²) in [5.74, 6) is 0.661. The third-order valence-electron chi connectivity index (χ3n) is 2.01. The van der Waals surface area contributed by atoms with Gasteiger partial charge in [0.2, 0.25) is 0 Å². The molecule has 1 rings (SSSR count). The van der Waals surface area contributed by atoms with Crippen LogP contribution in [0.3, 0.4) is 0 Å². The Labute approximate surface area is 97.2 Å². The molecule has 0 heterocycles. The Hall–Kier alpha value is -0.610. The minimum absolute atomic E-state index is 0.0781. The molecule has 4 heteroatoms. The summed E-state index contributed by atoms with van der Waals surface area (Å²) in [7, 11) is 0. The average molecular weight is 277 g/mol. The zero-order chi connectivity index (χ0) is 11.3. The quantitative estimate of drug-likeness (QED) is 0.838. The molecular formula is C11H14BrFO2. The highest BCUT2D eigenvalue weighted by Crippen LogP contribution is 2.28. The van der Waals surface area contributed by atoms with Gasteiger partial charge >= 0.3 is 0 Å². The van der Waals surface area contributed by atoms with Crippen molar-refractivity contribution in [2.24, 2.45) is 0 Å². The van der Waals surface area contributed by atoms with Gasteiger partial charge in [-0.25, -0.2) is 0 Å². The predicted octanol–water partition coefficient (Wildman–Crippen LogP) is 2.99. The van der Waals surface area contributed by atoms with E-state index in [1.54, 1.807) is 6.07 Å². The van der Waals surface area contributed by atoms with Crippen molar-refractivity contribution in [2.45, 2.75) is 20.0 Å². The second-order valence-corrected chi connectivity index (χ2v) is 4.18. The lowest BCUT2D eigenvalue weighted by atomic mass is 10.1. The fraction of sp³-hybridized carbons (Fsp3) is 0.455. The lowest BCUT2D eigenvalue weighted by Crippen LogP contribution is -2.03. The highest BCUT2D eigenvalue weighted by molar-refractivity contribution is 9.10. The maximum atomic E-state index is 11.9. The van der Waals surface area contributed by atoms with Crippen molar-refractivity contribution in [3.8, 4) is 5.75 Å². The number of ether oxygens (including phenoxy) is 1. The molecule has 0 aliphatic heterocycles. The second-order valence-electron chi connectivity index (χ2n) is 3.26. The molecule has 84 valence electrons. The summed E-state index contributed by atoms with van der Waals surface area (Å²) >= 11 is 3.34. The fourth-order valence-electron chi connectivity index (χ4n) is 1.35. The molecule has 0 saturated carbocycles. The number of rotatable bonds is 5. The van der Waals surface area contributed by atoms with Gasteiger partial charge in [-0.3, -0.25) is 4.39 Å². The first-order chi connectivity index (χ1) is 7.19. The van der Waals surface area contributed by atoms with Gasteiger partial charge in [0.25, 0.3) is 0 Å². The summed E-state index contributed by atoms with van der Waals surface area (Å²) in [5, 5.41) is 9.15. The van der Waals surface area contributed by atoms with Gasteiger partial charge in [0.1, 0.15) is 5.75 Å². The van der Waals surface area contributed by atoms with Crippen molar-refractivity contribution in [1.29, 1.82) is 0 Å². The highest BCUT2D eigenvalue weighted by atomic mass is 79.9. The zero-order valence-corrected chi connectivity index (χ0v) is 10.2. The molecule has 0 aromatic heterocycles. The Balaban J connectivity index is 2.84. The Morgan fingerprint density at radius 1 is 1.47 bits per heavy atom. The molecule has 0 atom stereocenters. The number of benzene rings is 1. The Bertz CT molecular complexity index is 329. The van der Waals surface area contributed by atoms with E-state index in [1.807, 2.05) is 13.0 Å². The van der Waals surface area contributed by atoms with E-state index in [-0.39, 0.29) is 13.3 Å². The van der Waals surface area contributed by atoms with E-state index in [0.717, 1.165) is 15.6 Å². The van der Waals surface area contributed by atoms with Gasteiger partial charge in [-0.2, -0.15) is 0 Å². The van der Waals surface area contributed by atoms with Gasteiger partial charge in [0, 0.05) is 16.5 Å². The first-order valence-corrected chi connectivity index (χ1v) is 5.57. The van der Waals surface area contributed by atoms with E-state index in [0.29, 0.717) is 18.8 Å². The van der Waals surface area contributed by atoms with Crippen LogP contribution in [0.15, 0.2) is 16.6 Å². The first kappa shape index (κ1) is 12.5. The number of aliphatic hydroxyl groups excluding tert-OH is 1. The molecule has 2 nitrogen and oxygen atoms in total. The SMILES string of the molecule is Cc1cc(Br)cc(CO)c1OCCCF. The monoisotopic (exact) mass is 276 g/mol. The van der Waals surface area contributed by atoms with Crippen LogP contribution in [0.1, 0.15) is 17.5 Å². The van der Waals surface area contributed by atoms with E-state index < -0.39 is 0 Å². The maximum absolute atomic E-state index is 11.9. The van der Waals surface area contributed by atoms with Crippen LogP contribution in [0.25, 0.3) is 0 Å². The molecule has 0 aliphatic carbocycles. The normalized spacial score (nSPS) is 10.4. The molecular weight excluding hydrogens is 263 g/mol. The van der Waals surface area contributed by atoms with Crippen LogP contribution in [0.2, 0.25) is 0 Å². The van der Waals surface area contributed by atoms with Crippen LogP contribution < -0.4 is 4.74 Å². The number of aliphatic hydroxyl groups is 1. The standard InChI is InChI=1S/C11H14BrFO2/c1-8-5-10(12)6-9(7-14)11(8)15-4-2-3-13/h5-6,14H,2-4,7H2,1H3. The minimum Gasteiger partial charge on any atom is -0.493 e. The van der Waals surface area contributed by atoms with Gasteiger partial charge in [-0.15, -0.1) is 0 Å². The van der Waals surface area contributed by atoms with Crippen LogP contribution in [-0.2, 0) is 6.61 Å². The Morgan fingerprint density at radius 3 is 2.80 bits per heavy atom. The summed E-state index contributed by atoms with van der Waals surface area (Å²) in [4.78, 5) is 0. The molecule has 0 spiro atoms. The van der Waals surface area contributed by atoms with Crippen molar-refractivity contribution in [1.82, 2.24) is 0 Å². The summed E-state index contributed by atoms with van der Waals surface area (Å²) < 4.78 is 18.2. The van der Waals surface area contributed by atoms with Gasteiger partial charge < -0.3 is 9.84 Å². The van der Waals surface area contributed by atoms with Gasteiger partial charge in [-0.05, 0) is 24.6 Å². The number of hydrogen-bond donors (Lipinski definition) is 1. The topological polar surface area (TPSA) is 29.5 Å². The smallest absolute Gasteiger partial charge is 0.127 e. The number of hydrogen-bond acceptors (Lipinski definition) is 2. The van der Waals surface area contributed by atoms with E-state index in [2.05, 4.69) is 15.9 Å². The third-order valence-corrected chi connectivity index (χ3v) is 2.47. The number of alkyl halides is 1. The van der Waals surface area contributed by atoms with Gasteiger partial charge in [-0.1, -0.05) is 15.9 Å². The van der Waals surface area contributed by atoms with E-state index in [9.17, 15) is 4.39 Å². The van der Waals surface area contributed by atoms with E-state index >= 15 is 0 Å². The lowest BCUT2D eigenvalue weighted by molar-refractivity contribution is 0.255. The molecule has 0 fully saturated rings. The molecule has 0 unspecified atom stereocenters. The maximum Gasteiger partial charge on any atom is 0.127 e. The summed E-state index contributed by atoms with van der Waals surface area (Å²) in [6.45, 7) is 1.77. The van der Waals surface area contributed by atoms with Crippen molar-refractivity contribution < 1.29 is 14.2 Å². The van der Waals surface area contributed by atoms with E-state index in [1.165, 1.54) is 0 Å². The van der Waals surface area contributed by atoms with Crippen molar-refractivity contribution in [3.05, 3.63) is 27.7 Å². The van der Waals surface area contributed by atoms with Crippen molar-refractivity contribution in [3.63, 3.8) is 0 Å². The van der Waals surface area contributed by atoms with Crippen molar-refractivity contribution in [2.75, 3.05) is 13.3 Å². The molecule has 0 saturated heterocycles. The van der Waals surface area contributed by atoms with Crippen LogP contribution in [-0.4, -0.2) is 18.4 Å².